The van der Waals surface area contributed by atoms with E-state index in [9.17, 15) is 62.4 Å². The molecule has 2 aliphatic heterocycles. The van der Waals surface area contributed by atoms with Crippen LogP contribution < -0.4 is 0 Å². The van der Waals surface area contributed by atoms with E-state index in [4.69, 9.17) is 0 Å². The number of fused-ring (bicyclic) bond motifs is 2. The molecule has 2 aliphatic rings. The Bertz CT molecular complexity index is 1810. The second-order valence-corrected chi connectivity index (χ2v) is 15.2. The third-order valence-corrected chi connectivity index (χ3v) is 10.6. The molecule has 0 unspecified atom stereocenters. The first kappa shape index (κ1) is 39.9. The first-order chi connectivity index (χ1) is 23.6. The van der Waals surface area contributed by atoms with Gasteiger partial charge in [0.2, 0.25) is 5.41 Å². The van der Waals surface area contributed by atoms with Gasteiger partial charge in [-0.3, -0.25) is 19.2 Å². The largest absolute Gasteiger partial charge is 0.411 e. The van der Waals surface area contributed by atoms with Gasteiger partial charge in [-0.25, -0.2) is 0 Å². The standard InChI is InChI=1S/C31H32F6N2O10S2/c1-3-5-7-9-15-50(44,45)48-38-25(40)21-13-11-19(17-23(21)27(38)42)29(30(32,33)34,31(35,36)37)20-12-14-22-24(18-20)28(43)39(26(22)41)49-51(46,47)16-10-8-6-4-2/h11-14,17-18H,3-10,15-16H2,1-2H3. The Morgan fingerprint density at radius 3 is 1.18 bits per heavy atom. The molecule has 2 heterocycles. The predicted molar refractivity (Wildman–Crippen MR) is 165 cm³/mol. The van der Waals surface area contributed by atoms with Gasteiger partial charge in [0.15, 0.2) is 0 Å². The number of nitrogens with zero attached hydrogens (tertiary/aromatic N) is 2. The van der Waals surface area contributed by atoms with Crippen molar-refractivity contribution in [1.29, 1.82) is 0 Å². The summed E-state index contributed by atoms with van der Waals surface area (Å²) in [6.07, 6.45) is -8.68. The predicted octanol–water partition coefficient (Wildman–Crippen LogP) is 5.97. The fourth-order valence-electron chi connectivity index (χ4n) is 5.73. The Morgan fingerprint density at radius 1 is 0.529 bits per heavy atom. The number of benzene rings is 2. The number of rotatable bonds is 16. The van der Waals surface area contributed by atoms with Crippen LogP contribution in [0.5, 0.6) is 0 Å². The monoisotopic (exact) mass is 770 g/mol. The van der Waals surface area contributed by atoms with E-state index in [1.54, 1.807) is 0 Å². The average molecular weight is 771 g/mol. The molecule has 4 amide bonds. The lowest BCUT2D eigenvalue weighted by molar-refractivity contribution is -0.288. The van der Waals surface area contributed by atoms with Crippen molar-refractivity contribution in [1.82, 2.24) is 10.1 Å². The average Bonchev–Trinajstić information content (AvgIpc) is 3.39. The van der Waals surface area contributed by atoms with Gasteiger partial charge in [0.25, 0.3) is 43.9 Å². The summed E-state index contributed by atoms with van der Waals surface area (Å²) < 4.78 is 149. The van der Waals surface area contributed by atoms with Gasteiger partial charge in [-0.1, -0.05) is 64.5 Å². The molecule has 0 N–H and O–H groups in total. The highest BCUT2D eigenvalue weighted by atomic mass is 32.2. The molecule has 0 bridgehead atoms. The maximum Gasteiger partial charge on any atom is 0.411 e. The van der Waals surface area contributed by atoms with Gasteiger partial charge >= 0.3 is 12.4 Å². The third-order valence-electron chi connectivity index (χ3n) is 8.29. The van der Waals surface area contributed by atoms with Crippen LogP contribution >= 0.6 is 0 Å². The van der Waals surface area contributed by atoms with Crippen molar-refractivity contribution in [2.45, 2.75) is 83.0 Å². The van der Waals surface area contributed by atoms with E-state index in [1.165, 1.54) is 0 Å². The number of unbranched alkanes of at least 4 members (excludes halogenated alkanes) is 6. The molecule has 0 radical (unpaired) electrons. The van der Waals surface area contributed by atoms with E-state index in [2.05, 4.69) is 8.57 Å². The molecule has 0 atom stereocenters. The molecular weight excluding hydrogens is 738 g/mol. The lowest BCUT2D eigenvalue weighted by Gasteiger charge is -2.38. The summed E-state index contributed by atoms with van der Waals surface area (Å²) in [7, 11) is -9.17. The van der Waals surface area contributed by atoms with Gasteiger partial charge in [-0.2, -0.15) is 43.2 Å². The summed E-state index contributed by atoms with van der Waals surface area (Å²) >= 11 is 0. The number of carbonyl (C=O) groups is 4. The lowest BCUT2D eigenvalue weighted by Crippen LogP contribution is -2.55. The van der Waals surface area contributed by atoms with Crippen molar-refractivity contribution in [3.05, 3.63) is 69.8 Å². The Hall–Kier alpha value is -3.88. The maximum atomic E-state index is 15.0. The molecule has 2 aromatic carbocycles. The Kier molecular flexibility index (Phi) is 11.4. The van der Waals surface area contributed by atoms with Crippen LogP contribution in [0.3, 0.4) is 0 Å². The molecule has 0 fully saturated rings. The Labute approximate surface area is 288 Å². The highest BCUT2D eigenvalue weighted by molar-refractivity contribution is 7.86. The molecule has 51 heavy (non-hydrogen) atoms. The Morgan fingerprint density at radius 2 is 0.863 bits per heavy atom. The van der Waals surface area contributed by atoms with Gasteiger partial charge in [0.1, 0.15) is 0 Å². The van der Waals surface area contributed by atoms with Gasteiger partial charge in [0, 0.05) is 0 Å². The van der Waals surface area contributed by atoms with Crippen molar-refractivity contribution in [2.24, 2.45) is 0 Å². The quantitative estimate of drug-likeness (QED) is 0.113. The van der Waals surface area contributed by atoms with E-state index in [0.717, 1.165) is 12.8 Å². The zero-order valence-electron chi connectivity index (χ0n) is 27.1. The van der Waals surface area contributed by atoms with Crippen molar-refractivity contribution in [2.75, 3.05) is 11.5 Å². The van der Waals surface area contributed by atoms with Gasteiger partial charge in [-0.15, -0.1) is 18.7 Å². The van der Waals surface area contributed by atoms with Crippen molar-refractivity contribution in [3.8, 4) is 0 Å². The molecule has 0 aromatic heterocycles. The van der Waals surface area contributed by atoms with E-state index < -0.39 is 107 Å². The van der Waals surface area contributed by atoms with Gasteiger partial charge in [-0.05, 0) is 48.2 Å². The number of hydrogen-bond acceptors (Lipinski definition) is 10. The van der Waals surface area contributed by atoms with Crippen LogP contribution in [0.2, 0.25) is 0 Å². The van der Waals surface area contributed by atoms with Crippen LogP contribution in [0, 0.1) is 0 Å². The summed E-state index contributed by atoms with van der Waals surface area (Å²) in [5.41, 5.74) is -11.9. The molecule has 280 valence electrons. The summed E-state index contributed by atoms with van der Waals surface area (Å²) in [5.74, 6) is -7.47. The van der Waals surface area contributed by atoms with E-state index in [0.29, 0.717) is 37.8 Å². The van der Waals surface area contributed by atoms with Crippen LogP contribution in [0.25, 0.3) is 0 Å². The minimum Gasteiger partial charge on any atom is -0.266 e. The van der Waals surface area contributed by atoms with Crippen LogP contribution in [0.1, 0.15) is 118 Å². The van der Waals surface area contributed by atoms with E-state index >= 15 is 0 Å². The maximum absolute atomic E-state index is 15.0. The van der Waals surface area contributed by atoms with Crippen LogP contribution in [-0.2, 0) is 34.2 Å². The first-order valence-corrected chi connectivity index (χ1v) is 18.8. The van der Waals surface area contributed by atoms with E-state index in [1.807, 2.05) is 13.8 Å². The number of imide groups is 2. The lowest BCUT2D eigenvalue weighted by atomic mass is 9.71. The van der Waals surface area contributed by atoms with Gasteiger partial charge < -0.3 is 0 Å². The topological polar surface area (TPSA) is 161 Å². The number of hydroxylamine groups is 4. The molecule has 0 spiro atoms. The number of carbonyl (C=O) groups excluding carboxylic acids is 4. The molecule has 0 saturated heterocycles. The zero-order chi connectivity index (χ0) is 38.2. The number of halogens is 6. The van der Waals surface area contributed by atoms with Crippen molar-refractivity contribution < 1.29 is 70.9 Å². The second kappa shape index (κ2) is 14.6. The number of amides is 4. The molecule has 12 nitrogen and oxygen atoms in total. The van der Waals surface area contributed by atoms with Crippen LogP contribution in [0.4, 0.5) is 26.3 Å². The molecule has 2 aromatic rings. The molecule has 20 heteroatoms. The minimum absolute atomic E-state index is 0.0802. The minimum atomic E-state index is -6.28. The van der Waals surface area contributed by atoms with E-state index in [-0.39, 0.29) is 47.2 Å². The number of alkyl halides is 6. The highest BCUT2D eigenvalue weighted by Crippen LogP contribution is 2.57. The third kappa shape index (κ3) is 7.68. The zero-order valence-corrected chi connectivity index (χ0v) is 28.7. The normalized spacial score (nSPS) is 15.6. The summed E-state index contributed by atoms with van der Waals surface area (Å²) in [6.45, 7) is 3.70. The molecule has 4 rings (SSSR count). The van der Waals surface area contributed by atoms with Gasteiger partial charge in [0.05, 0.1) is 33.8 Å². The summed E-state index contributed by atoms with van der Waals surface area (Å²) in [6, 6.07) is 1.70. The smallest absolute Gasteiger partial charge is 0.266 e. The number of hydrogen-bond donors (Lipinski definition) is 0. The van der Waals surface area contributed by atoms with Crippen LogP contribution in [-0.4, -0.2) is 74.4 Å². The summed E-state index contributed by atoms with van der Waals surface area (Å²) in [4.78, 5) is 51.8. The summed E-state index contributed by atoms with van der Waals surface area (Å²) in [5, 5.41) is -0.531. The van der Waals surface area contributed by atoms with Crippen molar-refractivity contribution in [3.63, 3.8) is 0 Å². The Balaban J connectivity index is 1.75. The van der Waals surface area contributed by atoms with Crippen LogP contribution in [0.15, 0.2) is 36.4 Å². The molecule has 0 saturated carbocycles. The second-order valence-electron chi connectivity index (χ2n) is 11.9. The fourth-order valence-corrected chi connectivity index (χ4v) is 7.72. The SMILES string of the molecule is CCCCCCS(=O)(=O)ON1C(=O)c2ccc(C(c3ccc4c(c3)C(=O)N(OS(=O)(=O)CCCCCC)C4=O)(C(F)(F)F)C(F)(F)F)cc2C1=O. The fraction of sp³-hybridized carbons (Fsp3) is 0.484. The first-order valence-electron chi connectivity index (χ1n) is 15.7. The molecule has 0 aliphatic carbocycles. The highest BCUT2D eigenvalue weighted by Gasteiger charge is 2.73. The molecular formula is C31H32F6N2O10S2. The van der Waals surface area contributed by atoms with Crippen molar-refractivity contribution >= 4 is 43.9 Å².